The van der Waals surface area contributed by atoms with Gasteiger partial charge in [0.1, 0.15) is 0 Å². The molecule has 0 unspecified atom stereocenters. The number of aromatic carboxylic acids is 1. The van der Waals surface area contributed by atoms with E-state index in [-0.39, 0.29) is 0 Å². The summed E-state index contributed by atoms with van der Waals surface area (Å²) in [7, 11) is 2.13. The van der Waals surface area contributed by atoms with Gasteiger partial charge >= 0.3 is 12.1 Å². The summed E-state index contributed by atoms with van der Waals surface area (Å²) in [5, 5.41) is 11.2. The van der Waals surface area contributed by atoms with Crippen LogP contribution in [0, 0.1) is 0 Å². The summed E-state index contributed by atoms with van der Waals surface area (Å²) in [5.41, 5.74) is 3.64. The molecular weight excluding hydrogens is 466 g/mol. The van der Waals surface area contributed by atoms with E-state index in [1.807, 2.05) is 24.3 Å². The van der Waals surface area contributed by atoms with Gasteiger partial charge in [-0.1, -0.05) is 54.6 Å². The Bertz CT molecular complexity index is 1440. The number of aromatic nitrogens is 1. The van der Waals surface area contributed by atoms with Crippen molar-refractivity contribution in [2.24, 2.45) is 4.99 Å². The summed E-state index contributed by atoms with van der Waals surface area (Å²) in [6.45, 7) is 9.14. The van der Waals surface area contributed by atoms with E-state index in [0.717, 1.165) is 23.0 Å². The summed E-state index contributed by atoms with van der Waals surface area (Å²) in [4.78, 5) is 32.0. The second kappa shape index (κ2) is 13.2. The lowest BCUT2D eigenvalue weighted by Crippen LogP contribution is -2.25. The van der Waals surface area contributed by atoms with Crippen LogP contribution in [0.25, 0.3) is 21.8 Å². The van der Waals surface area contributed by atoms with Gasteiger partial charge in [-0.15, -0.1) is 6.58 Å². The second-order valence-corrected chi connectivity index (χ2v) is 8.87. The molecule has 192 valence electrons. The van der Waals surface area contributed by atoms with Crippen molar-refractivity contribution < 1.29 is 19.4 Å². The first-order chi connectivity index (χ1) is 17.8. The third-order valence-corrected chi connectivity index (χ3v) is 5.90. The zero-order chi connectivity index (χ0) is 26.8. The number of carboxylic acids is 1. The van der Waals surface area contributed by atoms with Crippen molar-refractivity contribution in [3.63, 3.8) is 0 Å². The van der Waals surface area contributed by atoms with Crippen LogP contribution in [0.1, 0.15) is 36.2 Å². The predicted octanol–water partition coefficient (Wildman–Crippen LogP) is 6.16. The topological polar surface area (TPSA) is 95.0 Å². The molecule has 1 heterocycles. The Morgan fingerprint density at radius 1 is 1.05 bits per heavy atom. The molecule has 1 aromatic heterocycles. The number of nitrogens with zero attached hydrogens (tertiary/aromatic N) is 2. The zero-order valence-corrected chi connectivity index (χ0v) is 21.5. The number of rotatable bonds is 7. The number of carbonyl (C=O) groups is 2. The average molecular weight is 500 g/mol. The van der Waals surface area contributed by atoms with Crippen molar-refractivity contribution in [2.75, 3.05) is 13.7 Å². The minimum absolute atomic E-state index is 0.291. The van der Waals surface area contributed by atoms with E-state index in [0.29, 0.717) is 30.0 Å². The standard InChI is InChI=1S/C23H27N3O2.C7H6O2/c1-5-6-13-28-23(27)24-18-10-8-11-19-20-12-7-9-17(15-26(4)16(2)3)22(20)25-21(19)14-18;8-7(9)6-4-2-1-3-5-6/h5,7-12,14,16,25H,1,6,13,15H2,2-4H3;1-5H,(H,8,9). The van der Waals surface area contributed by atoms with Gasteiger partial charge in [0, 0.05) is 28.9 Å². The van der Waals surface area contributed by atoms with Crippen molar-refractivity contribution >= 4 is 33.9 Å². The minimum atomic E-state index is -0.879. The molecule has 0 fully saturated rings. The Hall–Kier alpha value is -4.23. The fourth-order valence-electron chi connectivity index (χ4n) is 3.65. The molecule has 0 bridgehead atoms. The van der Waals surface area contributed by atoms with Crippen molar-refractivity contribution in [3.8, 4) is 0 Å². The van der Waals surface area contributed by atoms with E-state index in [4.69, 9.17) is 9.84 Å². The lowest BCUT2D eigenvalue weighted by Gasteiger charge is -2.21. The zero-order valence-electron chi connectivity index (χ0n) is 21.5. The highest BCUT2D eigenvalue weighted by Gasteiger charge is 2.11. The number of carboxylic acid groups (broad SMARTS) is 1. The number of para-hydroxylation sites is 1. The smallest absolute Gasteiger partial charge is 0.434 e. The molecule has 0 aliphatic heterocycles. The highest BCUT2D eigenvalue weighted by atomic mass is 16.5. The van der Waals surface area contributed by atoms with E-state index in [1.165, 1.54) is 10.9 Å². The molecule has 1 amide bonds. The summed E-state index contributed by atoms with van der Waals surface area (Å²) in [6, 6.07) is 22.8. The molecule has 0 saturated heterocycles. The van der Waals surface area contributed by atoms with Gasteiger partial charge in [0.05, 0.1) is 23.0 Å². The third-order valence-electron chi connectivity index (χ3n) is 5.90. The molecule has 2 N–H and O–H groups in total. The molecule has 3 aromatic carbocycles. The fourth-order valence-corrected chi connectivity index (χ4v) is 3.65. The molecule has 7 heteroatoms. The molecule has 0 aliphatic rings. The van der Waals surface area contributed by atoms with Gasteiger partial charge in [-0.25, -0.2) is 9.59 Å². The van der Waals surface area contributed by atoms with Crippen LogP contribution >= 0.6 is 0 Å². The van der Waals surface area contributed by atoms with Crippen molar-refractivity contribution in [3.05, 3.63) is 102 Å². The van der Waals surface area contributed by atoms with Crippen molar-refractivity contribution in [1.82, 2.24) is 9.88 Å². The Labute approximate surface area is 216 Å². The minimum Gasteiger partial charge on any atom is -0.478 e. The first kappa shape index (κ1) is 27.4. The van der Waals surface area contributed by atoms with E-state index in [9.17, 15) is 9.59 Å². The van der Waals surface area contributed by atoms with Crippen LogP contribution in [-0.4, -0.2) is 46.7 Å². The maximum Gasteiger partial charge on any atom is 0.434 e. The molecule has 4 aromatic rings. The van der Waals surface area contributed by atoms with E-state index < -0.39 is 12.1 Å². The summed E-state index contributed by atoms with van der Waals surface area (Å²) in [5.74, 6) is -0.879. The SMILES string of the molecule is C=CCCOC(=O)N=c1cccc2c(c1)[nH]c1c(CN(C)C(C)C)cccc12.O=C(O)c1ccccc1. The van der Waals surface area contributed by atoms with Crippen molar-refractivity contribution in [2.45, 2.75) is 32.9 Å². The molecule has 0 radical (unpaired) electrons. The number of aromatic amines is 1. The normalized spacial score (nSPS) is 11.4. The van der Waals surface area contributed by atoms with E-state index >= 15 is 0 Å². The van der Waals surface area contributed by atoms with Gasteiger partial charge in [-0.05, 0) is 57.1 Å². The summed E-state index contributed by atoms with van der Waals surface area (Å²) >= 11 is 0. The van der Waals surface area contributed by atoms with Gasteiger partial charge in [0.25, 0.3) is 0 Å². The number of carbonyl (C=O) groups excluding carboxylic acids is 1. The molecule has 0 spiro atoms. The Balaban J connectivity index is 0.000000356. The lowest BCUT2D eigenvalue weighted by atomic mass is 10.1. The molecule has 0 aliphatic carbocycles. The van der Waals surface area contributed by atoms with Crippen LogP contribution in [0.15, 0.2) is 90.4 Å². The third kappa shape index (κ3) is 7.62. The Kier molecular flexibility index (Phi) is 9.75. The van der Waals surface area contributed by atoms with E-state index in [2.05, 4.69) is 60.5 Å². The second-order valence-electron chi connectivity index (χ2n) is 8.87. The molecule has 0 saturated carbocycles. The molecule has 37 heavy (non-hydrogen) atoms. The Morgan fingerprint density at radius 2 is 1.76 bits per heavy atom. The highest BCUT2D eigenvalue weighted by Crippen LogP contribution is 2.27. The van der Waals surface area contributed by atoms with Crippen LogP contribution in [0.2, 0.25) is 0 Å². The number of benzene rings is 2. The van der Waals surface area contributed by atoms with Gasteiger partial charge in [-0.3, -0.25) is 4.90 Å². The quantitative estimate of drug-likeness (QED) is 0.235. The maximum absolute atomic E-state index is 11.9. The average Bonchev–Trinajstić information content (AvgIpc) is 3.10. The summed E-state index contributed by atoms with van der Waals surface area (Å²) < 4.78 is 5.08. The highest BCUT2D eigenvalue weighted by molar-refractivity contribution is 6.07. The number of H-pyrrole nitrogens is 1. The predicted molar refractivity (Wildman–Crippen MR) is 148 cm³/mol. The van der Waals surface area contributed by atoms with E-state index in [1.54, 1.807) is 36.4 Å². The summed E-state index contributed by atoms with van der Waals surface area (Å²) in [6.07, 6.45) is 1.73. The van der Waals surface area contributed by atoms with Gasteiger partial charge < -0.3 is 14.8 Å². The maximum atomic E-state index is 11.9. The lowest BCUT2D eigenvalue weighted by molar-refractivity contribution is 0.0696. The van der Waals surface area contributed by atoms with Crippen LogP contribution in [0.4, 0.5) is 4.79 Å². The fraction of sp³-hybridized carbons (Fsp3) is 0.233. The largest absolute Gasteiger partial charge is 0.478 e. The number of hydrogen-bond acceptors (Lipinski definition) is 4. The molecule has 7 nitrogen and oxygen atoms in total. The van der Waals surface area contributed by atoms with Crippen LogP contribution in [-0.2, 0) is 11.3 Å². The van der Waals surface area contributed by atoms with Gasteiger partial charge in [0.15, 0.2) is 0 Å². The van der Waals surface area contributed by atoms with Crippen molar-refractivity contribution in [1.29, 1.82) is 0 Å². The monoisotopic (exact) mass is 499 g/mol. The van der Waals surface area contributed by atoms with Crippen LogP contribution in [0.5, 0.6) is 0 Å². The number of fused-ring (bicyclic) bond motifs is 3. The first-order valence-electron chi connectivity index (χ1n) is 12.1. The molecule has 4 rings (SSSR count). The van der Waals surface area contributed by atoms with Gasteiger partial charge in [0.2, 0.25) is 0 Å². The van der Waals surface area contributed by atoms with Crippen LogP contribution in [0.3, 0.4) is 0 Å². The molecule has 0 atom stereocenters. The first-order valence-corrected chi connectivity index (χ1v) is 12.1. The number of hydrogen-bond donors (Lipinski definition) is 2. The number of amides is 1. The Morgan fingerprint density at radius 3 is 2.41 bits per heavy atom. The molecular formula is C30H33N3O4. The van der Waals surface area contributed by atoms with Crippen LogP contribution < -0.4 is 5.36 Å². The van der Waals surface area contributed by atoms with Gasteiger partial charge in [-0.2, -0.15) is 4.99 Å². The number of ether oxygens (including phenoxy) is 1. The number of nitrogens with one attached hydrogen (secondary N) is 1.